The van der Waals surface area contributed by atoms with Gasteiger partial charge in [-0.05, 0) is 32.1 Å². The lowest BCUT2D eigenvalue weighted by atomic mass is 10.1. The monoisotopic (exact) mass is 354 g/mol. The van der Waals surface area contributed by atoms with Gasteiger partial charge in [0.25, 0.3) is 5.91 Å². The maximum atomic E-state index is 11.9. The van der Waals surface area contributed by atoms with Crippen LogP contribution in [0.4, 0.5) is 4.79 Å². The number of aliphatic carboxylic acids is 1. The standard InChI is InChI=1S/C18H30N2O5/c1-2-3-6-9-14(21)12-13-20-15(17(24)19-18(20)25)10-7-4-5-8-11-16(22)23/h4,7,14-15,21H,2-3,5-6,8-13H2,1H3,(H,22,23)(H,19,24,25)/b7-4+. The van der Waals surface area contributed by atoms with Gasteiger partial charge in [0.2, 0.25) is 0 Å². The van der Waals surface area contributed by atoms with E-state index in [0.717, 1.165) is 19.3 Å². The molecular weight excluding hydrogens is 324 g/mol. The number of unbranched alkanes of at least 4 members (excludes halogenated alkanes) is 3. The Labute approximate surface area is 149 Å². The van der Waals surface area contributed by atoms with Crippen molar-refractivity contribution < 1.29 is 24.6 Å². The molecule has 7 nitrogen and oxygen atoms in total. The summed E-state index contributed by atoms with van der Waals surface area (Å²) < 4.78 is 0. The molecule has 0 aliphatic carbocycles. The Hall–Kier alpha value is -1.89. The van der Waals surface area contributed by atoms with Gasteiger partial charge in [-0.15, -0.1) is 0 Å². The van der Waals surface area contributed by atoms with Crippen molar-refractivity contribution in [2.45, 2.75) is 76.9 Å². The van der Waals surface area contributed by atoms with Gasteiger partial charge in [-0.3, -0.25) is 14.9 Å². The first kappa shape index (κ1) is 21.2. The lowest BCUT2D eigenvalue weighted by molar-refractivity contribution is -0.137. The van der Waals surface area contributed by atoms with Crippen LogP contribution in [0.2, 0.25) is 0 Å². The van der Waals surface area contributed by atoms with Gasteiger partial charge in [0.15, 0.2) is 0 Å². The fourth-order valence-corrected chi connectivity index (χ4v) is 2.81. The van der Waals surface area contributed by atoms with Crippen LogP contribution in [0.15, 0.2) is 12.2 Å². The summed E-state index contributed by atoms with van der Waals surface area (Å²) in [6.07, 6.45) is 9.21. The zero-order valence-electron chi connectivity index (χ0n) is 14.9. The number of allylic oxidation sites excluding steroid dienone is 1. The average Bonchev–Trinajstić information content (AvgIpc) is 2.82. The van der Waals surface area contributed by atoms with Gasteiger partial charge in [-0.2, -0.15) is 0 Å². The van der Waals surface area contributed by atoms with Gasteiger partial charge in [-0.1, -0.05) is 38.3 Å². The largest absolute Gasteiger partial charge is 0.481 e. The summed E-state index contributed by atoms with van der Waals surface area (Å²) in [4.78, 5) is 35.7. The third kappa shape index (κ3) is 8.16. The summed E-state index contributed by atoms with van der Waals surface area (Å²) in [5.74, 6) is -1.14. The van der Waals surface area contributed by atoms with Gasteiger partial charge in [-0.25, -0.2) is 4.79 Å². The number of imide groups is 1. The number of carbonyl (C=O) groups excluding carboxylic acids is 2. The number of nitrogens with one attached hydrogen (secondary N) is 1. The highest BCUT2D eigenvalue weighted by Gasteiger charge is 2.37. The molecule has 3 N–H and O–H groups in total. The van der Waals surface area contributed by atoms with E-state index in [2.05, 4.69) is 12.2 Å². The van der Waals surface area contributed by atoms with Crippen LogP contribution in [-0.4, -0.2) is 51.7 Å². The molecule has 7 heteroatoms. The molecule has 2 atom stereocenters. The molecule has 142 valence electrons. The lowest BCUT2D eigenvalue weighted by Crippen LogP contribution is -2.36. The third-order valence-electron chi connectivity index (χ3n) is 4.30. The van der Waals surface area contributed by atoms with E-state index in [0.29, 0.717) is 38.6 Å². The number of amides is 3. The van der Waals surface area contributed by atoms with Crippen LogP contribution in [0, 0.1) is 0 Å². The Morgan fingerprint density at radius 3 is 2.68 bits per heavy atom. The summed E-state index contributed by atoms with van der Waals surface area (Å²) in [7, 11) is 0. The minimum Gasteiger partial charge on any atom is -0.481 e. The number of aliphatic hydroxyl groups excluding tert-OH is 1. The molecule has 1 aliphatic rings. The molecule has 0 saturated carbocycles. The maximum Gasteiger partial charge on any atom is 0.324 e. The molecule has 1 heterocycles. The highest BCUT2D eigenvalue weighted by molar-refractivity contribution is 6.04. The van der Waals surface area contributed by atoms with Gasteiger partial charge in [0, 0.05) is 13.0 Å². The van der Waals surface area contributed by atoms with Crippen LogP contribution in [0.1, 0.15) is 64.7 Å². The highest BCUT2D eigenvalue weighted by atomic mass is 16.4. The molecule has 0 aromatic carbocycles. The molecule has 0 radical (unpaired) electrons. The molecule has 1 saturated heterocycles. The SMILES string of the molecule is CCCCCC(O)CCN1C(=O)NC(=O)C1C/C=C/CCCC(=O)O. The molecule has 0 aromatic heterocycles. The van der Waals surface area contributed by atoms with E-state index >= 15 is 0 Å². The Bertz CT molecular complexity index is 478. The second kappa shape index (κ2) is 11.6. The predicted molar refractivity (Wildman–Crippen MR) is 94.0 cm³/mol. The van der Waals surface area contributed by atoms with Crippen molar-refractivity contribution in [2.75, 3.05) is 6.54 Å². The Morgan fingerprint density at radius 1 is 1.24 bits per heavy atom. The van der Waals surface area contributed by atoms with Gasteiger partial charge >= 0.3 is 12.0 Å². The maximum absolute atomic E-state index is 11.9. The third-order valence-corrected chi connectivity index (χ3v) is 4.30. The van der Waals surface area contributed by atoms with Crippen molar-refractivity contribution in [1.29, 1.82) is 0 Å². The van der Waals surface area contributed by atoms with Crippen LogP contribution < -0.4 is 5.32 Å². The Morgan fingerprint density at radius 2 is 2.00 bits per heavy atom. The van der Waals surface area contributed by atoms with Crippen LogP contribution in [0.5, 0.6) is 0 Å². The normalized spacial score (nSPS) is 18.8. The first-order valence-corrected chi connectivity index (χ1v) is 9.12. The summed E-state index contributed by atoms with van der Waals surface area (Å²) in [5, 5.41) is 20.9. The fourth-order valence-electron chi connectivity index (χ4n) is 2.81. The summed E-state index contributed by atoms with van der Waals surface area (Å²) >= 11 is 0. The molecule has 3 amide bonds. The van der Waals surface area contributed by atoms with Crippen LogP contribution in [0.25, 0.3) is 0 Å². The van der Waals surface area contributed by atoms with Crippen molar-refractivity contribution in [3.63, 3.8) is 0 Å². The average molecular weight is 354 g/mol. The van der Waals surface area contributed by atoms with Crippen molar-refractivity contribution >= 4 is 17.9 Å². The highest BCUT2D eigenvalue weighted by Crippen LogP contribution is 2.16. The molecular formula is C18H30N2O5. The second-order valence-corrected chi connectivity index (χ2v) is 6.43. The quantitative estimate of drug-likeness (QED) is 0.267. The Kier molecular flexibility index (Phi) is 9.84. The lowest BCUT2D eigenvalue weighted by Gasteiger charge is -2.22. The zero-order chi connectivity index (χ0) is 18.7. The smallest absolute Gasteiger partial charge is 0.324 e. The molecule has 25 heavy (non-hydrogen) atoms. The van der Waals surface area contributed by atoms with E-state index in [4.69, 9.17) is 5.11 Å². The number of carboxylic acids is 1. The first-order valence-electron chi connectivity index (χ1n) is 9.12. The number of nitrogens with zero attached hydrogens (tertiary/aromatic N) is 1. The van der Waals surface area contributed by atoms with E-state index in [1.807, 2.05) is 12.2 Å². The van der Waals surface area contributed by atoms with Gasteiger partial charge in [0.05, 0.1) is 6.10 Å². The molecule has 1 fully saturated rings. The van der Waals surface area contributed by atoms with Gasteiger partial charge < -0.3 is 15.1 Å². The van der Waals surface area contributed by atoms with Crippen molar-refractivity contribution in [1.82, 2.24) is 10.2 Å². The summed E-state index contributed by atoms with van der Waals surface area (Å²) in [6, 6.07) is -0.957. The number of carboxylic acid groups (broad SMARTS) is 1. The van der Waals surface area contributed by atoms with E-state index in [1.165, 1.54) is 4.90 Å². The van der Waals surface area contributed by atoms with Crippen LogP contribution in [0.3, 0.4) is 0 Å². The predicted octanol–water partition coefficient (Wildman–Crippen LogP) is 2.44. The molecule has 1 aliphatic heterocycles. The van der Waals surface area contributed by atoms with Crippen molar-refractivity contribution in [3.05, 3.63) is 12.2 Å². The molecule has 1 rings (SSSR count). The molecule has 0 spiro atoms. The fraction of sp³-hybridized carbons (Fsp3) is 0.722. The van der Waals surface area contributed by atoms with Crippen molar-refractivity contribution in [3.8, 4) is 0 Å². The van der Waals surface area contributed by atoms with Crippen molar-refractivity contribution in [2.24, 2.45) is 0 Å². The topological polar surface area (TPSA) is 107 Å². The number of hydrogen-bond acceptors (Lipinski definition) is 4. The van der Waals surface area contributed by atoms with Gasteiger partial charge in [0.1, 0.15) is 6.04 Å². The van der Waals surface area contributed by atoms with E-state index in [9.17, 15) is 19.5 Å². The molecule has 0 aromatic rings. The second-order valence-electron chi connectivity index (χ2n) is 6.43. The van der Waals surface area contributed by atoms with E-state index < -0.39 is 24.1 Å². The van der Waals surface area contributed by atoms with Crippen LogP contribution >= 0.6 is 0 Å². The molecule has 2 unspecified atom stereocenters. The number of rotatable bonds is 13. The zero-order valence-corrected chi connectivity index (χ0v) is 14.9. The minimum atomic E-state index is -0.821. The number of aliphatic hydroxyl groups is 1. The number of carbonyl (C=O) groups is 3. The summed E-state index contributed by atoms with van der Waals surface area (Å²) in [5.41, 5.74) is 0. The Balaban J connectivity index is 2.39. The molecule has 0 bridgehead atoms. The minimum absolute atomic E-state index is 0.120. The number of urea groups is 1. The van der Waals surface area contributed by atoms with Crippen LogP contribution in [-0.2, 0) is 9.59 Å². The van der Waals surface area contributed by atoms with E-state index in [1.54, 1.807) is 0 Å². The van der Waals surface area contributed by atoms with E-state index in [-0.39, 0.29) is 12.3 Å². The summed E-state index contributed by atoms with van der Waals surface area (Å²) in [6.45, 7) is 2.45. The number of hydrogen-bond donors (Lipinski definition) is 3. The first-order chi connectivity index (χ1) is 12.0.